The molecular formula is C15H23NO2. The monoisotopic (exact) mass is 249 g/mol. The normalized spacial score (nSPS) is 19.1. The van der Waals surface area contributed by atoms with E-state index in [1.807, 2.05) is 12.1 Å². The second-order valence-electron chi connectivity index (χ2n) is 4.72. The minimum atomic E-state index is 0.397. The lowest BCUT2D eigenvalue weighted by atomic mass is 10.2. The molecule has 2 rings (SSSR count). The highest BCUT2D eigenvalue weighted by atomic mass is 16.5. The molecule has 1 atom stereocenters. The van der Waals surface area contributed by atoms with Crippen LogP contribution in [0.15, 0.2) is 24.3 Å². The average Bonchev–Trinajstić information content (AvgIpc) is 2.91. The summed E-state index contributed by atoms with van der Waals surface area (Å²) < 4.78 is 11.3. The van der Waals surface area contributed by atoms with Gasteiger partial charge in [0.1, 0.15) is 5.75 Å². The molecular weight excluding hydrogens is 226 g/mol. The minimum Gasteiger partial charge on any atom is -0.493 e. The maximum Gasteiger partial charge on any atom is 0.123 e. The number of benzene rings is 1. The Labute approximate surface area is 109 Å². The molecule has 0 radical (unpaired) electrons. The summed E-state index contributed by atoms with van der Waals surface area (Å²) in [6, 6.07) is 8.24. The Morgan fingerprint density at radius 1 is 1.39 bits per heavy atom. The Kier molecular flexibility index (Phi) is 5.49. The van der Waals surface area contributed by atoms with Crippen LogP contribution in [0.2, 0.25) is 0 Å². The summed E-state index contributed by atoms with van der Waals surface area (Å²) in [7, 11) is 0. The lowest BCUT2D eigenvalue weighted by Crippen LogP contribution is -2.26. The molecule has 0 spiro atoms. The van der Waals surface area contributed by atoms with E-state index in [0.717, 1.165) is 38.5 Å². The third-order valence-electron chi connectivity index (χ3n) is 3.15. The summed E-state index contributed by atoms with van der Waals surface area (Å²) >= 11 is 0. The van der Waals surface area contributed by atoms with Crippen molar-refractivity contribution < 1.29 is 9.47 Å². The van der Waals surface area contributed by atoms with Crippen molar-refractivity contribution in [3.63, 3.8) is 0 Å². The predicted molar refractivity (Wildman–Crippen MR) is 72.9 cm³/mol. The van der Waals surface area contributed by atoms with Crippen LogP contribution < -0.4 is 10.1 Å². The van der Waals surface area contributed by atoms with Gasteiger partial charge in [-0.25, -0.2) is 0 Å². The number of rotatable bonds is 7. The second-order valence-corrected chi connectivity index (χ2v) is 4.72. The summed E-state index contributed by atoms with van der Waals surface area (Å²) in [5.74, 6) is 0.999. The average molecular weight is 249 g/mol. The van der Waals surface area contributed by atoms with E-state index in [1.165, 1.54) is 18.4 Å². The van der Waals surface area contributed by atoms with Crippen molar-refractivity contribution in [1.82, 2.24) is 5.32 Å². The van der Waals surface area contributed by atoms with Crippen molar-refractivity contribution in [2.45, 2.75) is 38.8 Å². The Morgan fingerprint density at radius 2 is 2.28 bits per heavy atom. The van der Waals surface area contributed by atoms with Gasteiger partial charge in [0, 0.05) is 25.3 Å². The first-order valence-corrected chi connectivity index (χ1v) is 6.93. The van der Waals surface area contributed by atoms with Gasteiger partial charge in [-0.2, -0.15) is 0 Å². The van der Waals surface area contributed by atoms with Crippen molar-refractivity contribution in [2.24, 2.45) is 0 Å². The van der Waals surface area contributed by atoms with Crippen molar-refractivity contribution in [2.75, 3.05) is 19.8 Å². The first-order chi connectivity index (χ1) is 8.90. The van der Waals surface area contributed by atoms with Crippen LogP contribution in [0.5, 0.6) is 5.75 Å². The largest absolute Gasteiger partial charge is 0.493 e. The van der Waals surface area contributed by atoms with Gasteiger partial charge in [-0.05, 0) is 25.3 Å². The topological polar surface area (TPSA) is 30.5 Å². The van der Waals surface area contributed by atoms with Crippen LogP contribution in [0, 0.1) is 0 Å². The van der Waals surface area contributed by atoms with Crippen LogP contribution in [0.25, 0.3) is 0 Å². The molecule has 1 aromatic rings. The Morgan fingerprint density at radius 3 is 3.06 bits per heavy atom. The summed E-state index contributed by atoms with van der Waals surface area (Å²) in [6.45, 7) is 5.60. The molecule has 1 aromatic carbocycles. The molecule has 3 heteroatoms. The van der Waals surface area contributed by atoms with Gasteiger partial charge in [0.05, 0.1) is 12.7 Å². The van der Waals surface area contributed by atoms with Gasteiger partial charge in [0.25, 0.3) is 0 Å². The standard InChI is InChI=1S/C15H23NO2/c1-2-9-18-15-8-4-3-6-13(15)11-16-12-14-7-5-10-17-14/h3-4,6,8,14,16H,2,5,7,9-12H2,1H3/t14-/m1/s1. The van der Waals surface area contributed by atoms with E-state index in [-0.39, 0.29) is 0 Å². The number of para-hydroxylation sites is 1. The summed E-state index contributed by atoms with van der Waals surface area (Å²) in [4.78, 5) is 0. The van der Waals surface area contributed by atoms with Crippen LogP contribution in [0.1, 0.15) is 31.7 Å². The maximum absolute atomic E-state index is 5.74. The van der Waals surface area contributed by atoms with Gasteiger partial charge in [-0.1, -0.05) is 25.1 Å². The van der Waals surface area contributed by atoms with Crippen LogP contribution >= 0.6 is 0 Å². The van der Waals surface area contributed by atoms with Crippen LogP contribution in [0.4, 0.5) is 0 Å². The van der Waals surface area contributed by atoms with E-state index >= 15 is 0 Å². The molecule has 0 unspecified atom stereocenters. The number of nitrogens with one attached hydrogen (secondary N) is 1. The molecule has 3 nitrogen and oxygen atoms in total. The Balaban J connectivity index is 1.79. The van der Waals surface area contributed by atoms with E-state index in [1.54, 1.807) is 0 Å². The fraction of sp³-hybridized carbons (Fsp3) is 0.600. The molecule has 1 heterocycles. The molecule has 100 valence electrons. The van der Waals surface area contributed by atoms with Crippen LogP contribution in [-0.4, -0.2) is 25.9 Å². The Bertz CT molecular complexity index is 348. The summed E-state index contributed by atoms with van der Waals surface area (Å²) in [6.07, 6.45) is 3.81. The molecule has 0 amide bonds. The molecule has 1 aliphatic rings. The lowest BCUT2D eigenvalue weighted by Gasteiger charge is -2.13. The van der Waals surface area contributed by atoms with E-state index < -0.39 is 0 Å². The molecule has 1 aliphatic heterocycles. The zero-order chi connectivity index (χ0) is 12.6. The molecule has 1 saturated heterocycles. The van der Waals surface area contributed by atoms with E-state index in [0.29, 0.717) is 6.10 Å². The third-order valence-corrected chi connectivity index (χ3v) is 3.15. The summed E-state index contributed by atoms with van der Waals surface area (Å²) in [5.41, 5.74) is 1.23. The van der Waals surface area contributed by atoms with Crippen molar-refractivity contribution in [3.8, 4) is 5.75 Å². The molecule has 0 aliphatic carbocycles. The first-order valence-electron chi connectivity index (χ1n) is 6.93. The first kappa shape index (κ1) is 13.4. The van der Waals surface area contributed by atoms with E-state index in [4.69, 9.17) is 9.47 Å². The molecule has 0 saturated carbocycles. The van der Waals surface area contributed by atoms with Gasteiger partial charge in [-0.3, -0.25) is 0 Å². The smallest absolute Gasteiger partial charge is 0.123 e. The summed E-state index contributed by atoms with van der Waals surface area (Å²) in [5, 5.41) is 3.46. The van der Waals surface area contributed by atoms with E-state index in [2.05, 4.69) is 24.4 Å². The molecule has 1 fully saturated rings. The molecule has 0 bridgehead atoms. The quantitative estimate of drug-likeness (QED) is 0.806. The van der Waals surface area contributed by atoms with Gasteiger partial charge < -0.3 is 14.8 Å². The molecule has 0 aromatic heterocycles. The Hall–Kier alpha value is -1.06. The van der Waals surface area contributed by atoms with Crippen LogP contribution in [0.3, 0.4) is 0 Å². The zero-order valence-electron chi connectivity index (χ0n) is 11.2. The number of hydrogen-bond acceptors (Lipinski definition) is 3. The molecule has 1 N–H and O–H groups in total. The highest BCUT2D eigenvalue weighted by Crippen LogP contribution is 2.18. The van der Waals surface area contributed by atoms with Crippen molar-refractivity contribution >= 4 is 0 Å². The highest BCUT2D eigenvalue weighted by molar-refractivity contribution is 5.33. The van der Waals surface area contributed by atoms with Gasteiger partial charge >= 0.3 is 0 Å². The predicted octanol–water partition coefficient (Wildman–Crippen LogP) is 2.74. The van der Waals surface area contributed by atoms with Crippen LogP contribution in [-0.2, 0) is 11.3 Å². The minimum absolute atomic E-state index is 0.397. The maximum atomic E-state index is 5.74. The van der Waals surface area contributed by atoms with Crippen molar-refractivity contribution in [3.05, 3.63) is 29.8 Å². The highest BCUT2D eigenvalue weighted by Gasteiger charge is 2.14. The molecule has 18 heavy (non-hydrogen) atoms. The zero-order valence-corrected chi connectivity index (χ0v) is 11.2. The van der Waals surface area contributed by atoms with Gasteiger partial charge in [-0.15, -0.1) is 0 Å². The number of hydrogen-bond donors (Lipinski definition) is 1. The lowest BCUT2D eigenvalue weighted by molar-refractivity contribution is 0.110. The van der Waals surface area contributed by atoms with Gasteiger partial charge in [0.15, 0.2) is 0 Å². The number of ether oxygens (including phenoxy) is 2. The van der Waals surface area contributed by atoms with E-state index in [9.17, 15) is 0 Å². The third kappa shape index (κ3) is 4.00. The SMILES string of the molecule is CCCOc1ccccc1CNC[C@H]1CCCO1. The fourth-order valence-electron chi connectivity index (χ4n) is 2.18. The fourth-order valence-corrected chi connectivity index (χ4v) is 2.18. The van der Waals surface area contributed by atoms with Gasteiger partial charge in [0.2, 0.25) is 0 Å². The van der Waals surface area contributed by atoms with Crippen molar-refractivity contribution in [1.29, 1.82) is 0 Å². The second kappa shape index (κ2) is 7.39.